The molecule has 0 aromatic heterocycles. The van der Waals surface area contributed by atoms with Crippen LogP contribution in [0.15, 0.2) is 18.2 Å². The van der Waals surface area contributed by atoms with Crippen molar-refractivity contribution in [1.82, 2.24) is 0 Å². The Kier molecular flexibility index (Phi) is 2.86. The molecule has 12 heavy (non-hydrogen) atoms. The molecule has 4 heteroatoms. The number of aliphatic hydroxyl groups is 1. The van der Waals surface area contributed by atoms with E-state index in [0.29, 0.717) is 5.46 Å². The number of hydrogen-bond acceptors (Lipinski definition) is 3. The SMILES string of the molecule is Cc1c(CO)cccc1B(O)O. The summed E-state index contributed by atoms with van der Waals surface area (Å²) in [4.78, 5) is 0. The molecule has 0 aliphatic rings. The van der Waals surface area contributed by atoms with Crippen molar-refractivity contribution in [2.24, 2.45) is 0 Å². The van der Waals surface area contributed by atoms with E-state index in [-0.39, 0.29) is 6.61 Å². The summed E-state index contributed by atoms with van der Waals surface area (Å²) < 4.78 is 0. The van der Waals surface area contributed by atoms with Gasteiger partial charge in [0.25, 0.3) is 0 Å². The summed E-state index contributed by atoms with van der Waals surface area (Å²) >= 11 is 0. The zero-order valence-corrected chi connectivity index (χ0v) is 6.86. The highest BCUT2D eigenvalue weighted by atomic mass is 16.4. The molecule has 0 heterocycles. The number of benzene rings is 1. The predicted molar refractivity (Wildman–Crippen MR) is 46.9 cm³/mol. The van der Waals surface area contributed by atoms with Crippen LogP contribution in [0.4, 0.5) is 0 Å². The number of rotatable bonds is 2. The summed E-state index contributed by atoms with van der Waals surface area (Å²) in [6.45, 7) is 1.67. The van der Waals surface area contributed by atoms with Gasteiger partial charge in [-0.15, -0.1) is 0 Å². The van der Waals surface area contributed by atoms with E-state index in [2.05, 4.69) is 0 Å². The van der Waals surface area contributed by atoms with Crippen LogP contribution < -0.4 is 5.46 Å². The molecule has 64 valence electrons. The lowest BCUT2D eigenvalue weighted by Crippen LogP contribution is -2.32. The van der Waals surface area contributed by atoms with Crippen LogP contribution in [0, 0.1) is 6.92 Å². The van der Waals surface area contributed by atoms with Crippen molar-refractivity contribution in [3.05, 3.63) is 29.3 Å². The van der Waals surface area contributed by atoms with Crippen LogP contribution in [0.25, 0.3) is 0 Å². The topological polar surface area (TPSA) is 60.7 Å². The lowest BCUT2D eigenvalue weighted by Gasteiger charge is -2.07. The average Bonchev–Trinajstić information content (AvgIpc) is 2.04. The van der Waals surface area contributed by atoms with Crippen molar-refractivity contribution in [3.63, 3.8) is 0 Å². The summed E-state index contributed by atoms with van der Waals surface area (Å²) in [5.74, 6) is 0. The van der Waals surface area contributed by atoms with Crippen molar-refractivity contribution in [1.29, 1.82) is 0 Å². The normalized spacial score (nSPS) is 10.0. The van der Waals surface area contributed by atoms with Crippen molar-refractivity contribution in [2.75, 3.05) is 0 Å². The van der Waals surface area contributed by atoms with Gasteiger partial charge in [0.05, 0.1) is 6.61 Å². The Morgan fingerprint density at radius 1 is 1.33 bits per heavy atom. The first-order valence-electron chi connectivity index (χ1n) is 3.72. The maximum atomic E-state index is 8.90. The molecule has 0 spiro atoms. The average molecular weight is 166 g/mol. The third-order valence-corrected chi connectivity index (χ3v) is 1.94. The summed E-state index contributed by atoms with van der Waals surface area (Å²) in [5.41, 5.74) is 1.90. The monoisotopic (exact) mass is 166 g/mol. The van der Waals surface area contributed by atoms with Crippen LogP contribution in [-0.4, -0.2) is 22.3 Å². The van der Waals surface area contributed by atoms with Gasteiger partial charge in [-0.05, 0) is 23.5 Å². The quantitative estimate of drug-likeness (QED) is 0.502. The van der Waals surface area contributed by atoms with Gasteiger partial charge in [0.2, 0.25) is 0 Å². The maximum absolute atomic E-state index is 8.90. The molecule has 0 radical (unpaired) electrons. The van der Waals surface area contributed by atoms with Crippen molar-refractivity contribution in [2.45, 2.75) is 13.5 Å². The second-order valence-corrected chi connectivity index (χ2v) is 2.66. The van der Waals surface area contributed by atoms with Gasteiger partial charge in [-0.3, -0.25) is 0 Å². The van der Waals surface area contributed by atoms with Crippen LogP contribution >= 0.6 is 0 Å². The zero-order chi connectivity index (χ0) is 9.14. The molecule has 0 atom stereocenters. The van der Waals surface area contributed by atoms with Crippen LogP contribution in [0.5, 0.6) is 0 Å². The van der Waals surface area contributed by atoms with Crippen LogP contribution in [0.1, 0.15) is 11.1 Å². The highest BCUT2D eigenvalue weighted by Gasteiger charge is 2.14. The molecular weight excluding hydrogens is 155 g/mol. The Morgan fingerprint density at radius 3 is 2.50 bits per heavy atom. The van der Waals surface area contributed by atoms with Gasteiger partial charge >= 0.3 is 7.12 Å². The van der Waals surface area contributed by atoms with Crippen LogP contribution in [0.2, 0.25) is 0 Å². The molecule has 3 nitrogen and oxygen atoms in total. The van der Waals surface area contributed by atoms with E-state index in [0.717, 1.165) is 11.1 Å². The van der Waals surface area contributed by atoms with E-state index in [1.165, 1.54) is 0 Å². The molecule has 1 aromatic rings. The summed E-state index contributed by atoms with van der Waals surface area (Å²) in [6, 6.07) is 5.06. The molecule has 0 unspecified atom stereocenters. The molecule has 0 aliphatic carbocycles. The van der Waals surface area contributed by atoms with Crippen LogP contribution in [-0.2, 0) is 6.61 Å². The molecule has 0 fully saturated rings. The fourth-order valence-electron chi connectivity index (χ4n) is 1.15. The third kappa shape index (κ3) is 1.66. The molecule has 0 amide bonds. The van der Waals surface area contributed by atoms with Gasteiger partial charge in [-0.2, -0.15) is 0 Å². The van der Waals surface area contributed by atoms with E-state index in [1.54, 1.807) is 25.1 Å². The smallest absolute Gasteiger partial charge is 0.423 e. The molecule has 1 rings (SSSR count). The minimum Gasteiger partial charge on any atom is -0.423 e. The highest BCUT2D eigenvalue weighted by molar-refractivity contribution is 6.59. The Bertz CT molecular complexity index is 273. The lowest BCUT2D eigenvalue weighted by molar-refractivity contribution is 0.281. The Labute approximate surface area is 71.4 Å². The first-order valence-corrected chi connectivity index (χ1v) is 3.72. The summed E-state index contributed by atoms with van der Waals surface area (Å²) in [6.07, 6.45) is 0. The third-order valence-electron chi connectivity index (χ3n) is 1.94. The predicted octanol–water partition coefficient (Wildman–Crippen LogP) is -0.833. The van der Waals surface area contributed by atoms with Gasteiger partial charge < -0.3 is 15.2 Å². The minimum atomic E-state index is -1.46. The van der Waals surface area contributed by atoms with Gasteiger partial charge in [0.15, 0.2) is 0 Å². The fourth-order valence-corrected chi connectivity index (χ4v) is 1.15. The molecule has 0 saturated carbocycles. The Hall–Kier alpha value is -0.835. The van der Waals surface area contributed by atoms with Crippen LogP contribution in [0.3, 0.4) is 0 Å². The second kappa shape index (κ2) is 3.71. The van der Waals surface area contributed by atoms with Gasteiger partial charge in [-0.1, -0.05) is 18.2 Å². The first kappa shape index (κ1) is 9.25. The maximum Gasteiger partial charge on any atom is 0.488 e. The van der Waals surface area contributed by atoms with Gasteiger partial charge in [-0.25, -0.2) is 0 Å². The number of aliphatic hydroxyl groups excluding tert-OH is 1. The van der Waals surface area contributed by atoms with E-state index >= 15 is 0 Å². The summed E-state index contributed by atoms with van der Waals surface area (Å²) in [7, 11) is -1.46. The molecule has 0 saturated heterocycles. The van der Waals surface area contributed by atoms with Gasteiger partial charge in [0, 0.05) is 0 Å². The lowest BCUT2D eigenvalue weighted by atomic mass is 9.76. The van der Waals surface area contributed by atoms with Crippen molar-refractivity contribution in [3.8, 4) is 0 Å². The zero-order valence-electron chi connectivity index (χ0n) is 6.86. The minimum absolute atomic E-state index is 0.0770. The Balaban J connectivity index is 3.14. The first-order chi connectivity index (χ1) is 5.66. The molecule has 0 aliphatic heterocycles. The van der Waals surface area contributed by atoms with E-state index < -0.39 is 7.12 Å². The van der Waals surface area contributed by atoms with Crippen molar-refractivity contribution >= 4 is 12.6 Å². The van der Waals surface area contributed by atoms with Gasteiger partial charge in [0.1, 0.15) is 0 Å². The molecule has 0 bridgehead atoms. The molecule has 1 aromatic carbocycles. The van der Waals surface area contributed by atoms with E-state index in [4.69, 9.17) is 15.2 Å². The second-order valence-electron chi connectivity index (χ2n) is 2.66. The van der Waals surface area contributed by atoms with E-state index in [9.17, 15) is 0 Å². The molecule has 3 N–H and O–H groups in total. The highest BCUT2D eigenvalue weighted by Crippen LogP contribution is 2.04. The Morgan fingerprint density at radius 2 is 2.00 bits per heavy atom. The summed E-state index contributed by atoms with van der Waals surface area (Å²) in [5, 5.41) is 26.7. The molecular formula is C8H11BO3. The largest absolute Gasteiger partial charge is 0.488 e. The van der Waals surface area contributed by atoms with E-state index in [1.807, 2.05) is 0 Å². The fraction of sp³-hybridized carbons (Fsp3) is 0.250. The van der Waals surface area contributed by atoms with Crippen molar-refractivity contribution < 1.29 is 15.2 Å². The standard InChI is InChI=1S/C8H11BO3/c1-6-7(5-10)3-2-4-8(6)9(11)12/h2-4,10-12H,5H2,1H3. The number of hydrogen-bond donors (Lipinski definition) is 3.